The van der Waals surface area contributed by atoms with E-state index < -0.39 is 0 Å². The van der Waals surface area contributed by atoms with E-state index in [1.807, 2.05) is 48.5 Å². The lowest BCUT2D eigenvalue weighted by Crippen LogP contribution is -2.01. The standard InChI is InChI=1S/C23H24N4O2S2/c1-4-7-21-24-16(14-30-21)15-31-23-26-25-22(19-8-5-6-9-20(19)29-3)27(23)17-10-12-18(28-2)13-11-17/h5-6,8-14H,4,7,15H2,1-3H3. The lowest BCUT2D eigenvalue weighted by Gasteiger charge is -2.12. The zero-order valence-electron chi connectivity index (χ0n) is 17.7. The molecule has 0 atom stereocenters. The van der Waals surface area contributed by atoms with Crippen LogP contribution >= 0.6 is 23.1 Å². The van der Waals surface area contributed by atoms with Crippen LogP contribution < -0.4 is 9.47 Å². The van der Waals surface area contributed by atoms with Crippen molar-refractivity contribution < 1.29 is 9.47 Å². The van der Waals surface area contributed by atoms with Crippen molar-refractivity contribution in [2.75, 3.05) is 14.2 Å². The third-order valence-electron chi connectivity index (χ3n) is 4.72. The molecule has 0 aliphatic carbocycles. The van der Waals surface area contributed by atoms with E-state index in [1.54, 1.807) is 37.3 Å². The van der Waals surface area contributed by atoms with E-state index in [9.17, 15) is 0 Å². The Kier molecular flexibility index (Phi) is 6.89. The Morgan fingerprint density at radius 1 is 1.00 bits per heavy atom. The van der Waals surface area contributed by atoms with Crippen molar-refractivity contribution in [2.24, 2.45) is 0 Å². The van der Waals surface area contributed by atoms with Gasteiger partial charge in [-0.25, -0.2) is 4.98 Å². The Labute approximate surface area is 190 Å². The van der Waals surface area contributed by atoms with Gasteiger partial charge in [0.2, 0.25) is 0 Å². The Bertz CT molecular complexity index is 1140. The molecule has 6 nitrogen and oxygen atoms in total. The Morgan fingerprint density at radius 2 is 1.81 bits per heavy atom. The number of nitrogens with zero attached hydrogens (tertiary/aromatic N) is 4. The van der Waals surface area contributed by atoms with Gasteiger partial charge in [0.15, 0.2) is 11.0 Å². The number of hydrogen-bond acceptors (Lipinski definition) is 7. The van der Waals surface area contributed by atoms with E-state index in [-0.39, 0.29) is 0 Å². The molecule has 2 heterocycles. The van der Waals surface area contributed by atoms with E-state index in [2.05, 4.69) is 27.1 Å². The highest BCUT2D eigenvalue weighted by molar-refractivity contribution is 7.98. The van der Waals surface area contributed by atoms with Crippen LogP contribution in [0.25, 0.3) is 17.1 Å². The molecule has 0 saturated carbocycles. The molecule has 0 saturated heterocycles. The van der Waals surface area contributed by atoms with Crippen LogP contribution in [0, 0.1) is 0 Å². The van der Waals surface area contributed by atoms with Crippen LogP contribution in [0.5, 0.6) is 11.5 Å². The van der Waals surface area contributed by atoms with Gasteiger partial charge in [0, 0.05) is 11.1 Å². The van der Waals surface area contributed by atoms with Crippen molar-refractivity contribution in [2.45, 2.75) is 30.7 Å². The van der Waals surface area contributed by atoms with Gasteiger partial charge in [-0.2, -0.15) is 0 Å². The van der Waals surface area contributed by atoms with Crippen LogP contribution in [0.2, 0.25) is 0 Å². The first-order valence-electron chi connectivity index (χ1n) is 10.0. The summed E-state index contributed by atoms with van der Waals surface area (Å²) in [7, 11) is 3.33. The van der Waals surface area contributed by atoms with Crippen molar-refractivity contribution in [3.63, 3.8) is 0 Å². The minimum Gasteiger partial charge on any atom is -0.497 e. The number of aromatic nitrogens is 4. The summed E-state index contributed by atoms with van der Waals surface area (Å²) in [6.07, 6.45) is 2.13. The molecule has 4 aromatic rings. The molecule has 2 aromatic heterocycles. The summed E-state index contributed by atoms with van der Waals surface area (Å²) in [4.78, 5) is 4.74. The van der Waals surface area contributed by atoms with Crippen molar-refractivity contribution in [3.05, 3.63) is 64.6 Å². The average Bonchev–Trinajstić information content (AvgIpc) is 3.44. The number of benzene rings is 2. The topological polar surface area (TPSA) is 62.1 Å². The Balaban J connectivity index is 1.71. The molecule has 0 spiro atoms. The summed E-state index contributed by atoms with van der Waals surface area (Å²) in [6.45, 7) is 2.17. The maximum absolute atomic E-state index is 5.57. The van der Waals surface area contributed by atoms with Gasteiger partial charge in [-0.05, 0) is 49.2 Å². The van der Waals surface area contributed by atoms with Gasteiger partial charge in [0.25, 0.3) is 0 Å². The lowest BCUT2D eigenvalue weighted by molar-refractivity contribution is 0.414. The molecule has 4 rings (SSSR count). The fourth-order valence-corrected chi connectivity index (χ4v) is 5.06. The van der Waals surface area contributed by atoms with Gasteiger partial charge < -0.3 is 9.47 Å². The van der Waals surface area contributed by atoms with Crippen LogP contribution in [0.15, 0.2) is 59.1 Å². The SMILES string of the molecule is CCCc1nc(CSc2nnc(-c3ccccc3OC)n2-c2ccc(OC)cc2)cs1. The Hall–Kier alpha value is -2.84. The minimum atomic E-state index is 0.732. The third-order valence-corrected chi connectivity index (χ3v) is 6.64. The average molecular weight is 453 g/mol. The largest absolute Gasteiger partial charge is 0.497 e. The van der Waals surface area contributed by atoms with E-state index in [0.717, 1.165) is 58.0 Å². The summed E-state index contributed by atoms with van der Waals surface area (Å²) in [6, 6.07) is 15.7. The van der Waals surface area contributed by atoms with E-state index in [4.69, 9.17) is 14.5 Å². The van der Waals surface area contributed by atoms with Gasteiger partial charge >= 0.3 is 0 Å². The molecule has 0 aliphatic rings. The maximum atomic E-state index is 5.57. The molecule has 8 heteroatoms. The summed E-state index contributed by atoms with van der Waals surface area (Å²) in [5, 5.41) is 13.2. The maximum Gasteiger partial charge on any atom is 0.196 e. The summed E-state index contributed by atoms with van der Waals surface area (Å²) in [5.74, 6) is 3.02. The number of ether oxygens (including phenoxy) is 2. The highest BCUT2D eigenvalue weighted by Crippen LogP contribution is 2.34. The molecule has 0 bridgehead atoms. The number of hydrogen-bond donors (Lipinski definition) is 0. The number of methoxy groups -OCH3 is 2. The minimum absolute atomic E-state index is 0.732. The second-order valence-electron chi connectivity index (χ2n) is 6.81. The predicted octanol–water partition coefficient (Wildman–Crippen LogP) is 5.65. The molecule has 160 valence electrons. The van der Waals surface area contributed by atoms with Crippen molar-refractivity contribution >= 4 is 23.1 Å². The highest BCUT2D eigenvalue weighted by atomic mass is 32.2. The van der Waals surface area contributed by atoms with Gasteiger partial charge in [-0.1, -0.05) is 30.8 Å². The number of thiazole rings is 1. The molecule has 31 heavy (non-hydrogen) atoms. The van der Waals surface area contributed by atoms with Gasteiger partial charge in [0.05, 0.1) is 36.2 Å². The first-order chi connectivity index (χ1) is 15.2. The number of thioether (sulfide) groups is 1. The van der Waals surface area contributed by atoms with Crippen LogP contribution in [0.1, 0.15) is 24.0 Å². The second kappa shape index (κ2) is 9.98. The first kappa shape index (κ1) is 21.4. The van der Waals surface area contributed by atoms with E-state index in [1.165, 1.54) is 5.01 Å². The molecular formula is C23H24N4O2S2. The Morgan fingerprint density at radius 3 is 2.55 bits per heavy atom. The molecule has 0 unspecified atom stereocenters. The van der Waals surface area contributed by atoms with Gasteiger partial charge in [-0.15, -0.1) is 21.5 Å². The first-order valence-corrected chi connectivity index (χ1v) is 11.9. The fraction of sp³-hybridized carbons (Fsp3) is 0.261. The number of aryl methyl sites for hydroxylation is 1. The third kappa shape index (κ3) is 4.75. The zero-order chi connectivity index (χ0) is 21.6. The molecule has 0 fully saturated rings. The fourth-order valence-electron chi connectivity index (χ4n) is 3.21. The summed E-state index contributed by atoms with van der Waals surface area (Å²) in [5.41, 5.74) is 2.92. The molecule has 0 N–H and O–H groups in total. The summed E-state index contributed by atoms with van der Waals surface area (Å²) >= 11 is 3.35. The molecule has 2 aromatic carbocycles. The van der Waals surface area contributed by atoms with Crippen molar-refractivity contribution in [1.29, 1.82) is 0 Å². The zero-order valence-corrected chi connectivity index (χ0v) is 19.4. The monoisotopic (exact) mass is 452 g/mol. The molecule has 0 aliphatic heterocycles. The van der Waals surface area contributed by atoms with Crippen LogP contribution in [-0.2, 0) is 12.2 Å². The second-order valence-corrected chi connectivity index (χ2v) is 8.70. The highest BCUT2D eigenvalue weighted by Gasteiger charge is 2.19. The number of rotatable bonds is 9. The molecule has 0 amide bonds. The molecular weight excluding hydrogens is 428 g/mol. The predicted molar refractivity (Wildman–Crippen MR) is 126 cm³/mol. The normalized spacial score (nSPS) is 10.9. The quantitative estimate of drug-likeness (QED) is 0.306. The smallest absolute Gasteiger partial charge is 0.196 e. The lowest BCUT2D eigenvalue weighted by atomic mass is 10.2. The van der Waals surface area contributed by atoms with Crippen molar-refractivity contribution in [3.8, 4) is 28.6 Å². The molecule has 0 radical (unpaired) electrons. The van der Waals surface area contributed by atoms with Gasteiger partial charge in [0.1, 0.15) is 11.5 Å². The van der Waals surface area contributed by atoms with E-state index >= 15 is 0 Å². The van der Waals surface area contributed by atoms with Crippen LogP contribution in [0.3, 0.4) is 0 Å². The summed E-state index contributed by atoms with van der Waals surface area (Å²) < 4.78 is 13.0. The van der Waals surface area contributed by atoms with E-state index in [0.29, 0.717) is 0 Å². The van der Waals surface area contributed by atoms with Crippen LogP contribution in [-0.4, -0.2) is 34.0 Å². The number of para-hydroxylation sites is 1. The van der Waals surface area contributed by atoms with Crippen LogP contribution in [0.4, 0.5) is 0 Å². The van der Waals surface area contributed by atoms with Crippen molar-refractivity contribution in [1.82, 2.24) is 19.7 Å². The van der Waals surface area contributed by atoms with Gasteiger partial charge in [-0.3, -0.25) is 4.57 Å².